The first-order chi connectivity index (χ1) is 7.27. The van der Waals surface area contributed by atoms with Crippen molar-refractivity contribution in [1.29, 1.82) is 0 Å². The SMILES string of the molecule is CC(C)CCCCCCCCCCOP. The zero-order chi connectivity index (χ0) is 11.4. The highest BCUT2D eigenvalue weighted by atomic mass is 31.0. The van der Waals surface area contributed by atoms with Crippen LogP contribution in [0.3, 0.4) is 0 Å². The molecule has 0 N–H and O–H groups in total. The van der Waals surface area contributed by atoms with Gasteiger partial charge in [0.15, 0.2) is 0 Å². The molecule has 0 aliphatic carbocycles. The molecule has 0 aliphatic rings. The zero-order valence-corrected chi connectivity index (χ0v) is 11.8. The lowest BCUT2D eigenvalue weighted by molar-refractivity contribution is 0.352. The average molecular weight is 232 g/mol. The number of unbranched alkanes of at least 4 members (excludes halogenated alkanes) is 7. The lowest BCUT2D eigenvalue weighted by Gasteiger charge is -2.04. The fourth-order valence-corrected chi connectivity index (χ4v) is 1.97. The molecule has 0 aromatic heterocycles. The van der Waals surface area contributed by atoms with Gasteiger partial charge in [-0.1, -0.05) is 65.2 Å². The Kier molecular flexibility index (Phi) is 12.8. The summed E-state index contributed by atoms with van der Waals surface area (Å²) >= 11 is 0. The summed E-state index contributed by atoms with van der Waals surface area (Å²) in [6.45, 7) is 5.53. The fraction of sp³-hybridized carbons (Fsp3) is 1.00. The van der Waals surface area contributed by atoms with Crippen LogP contribution in [-0.2, 0) is 4.52 Å². The van der Waals surface area contributed by atoms with E-state index >= 15 is 0 Å². The van der Waals surface area contributed by atoms with Gasteiger partial charge in [-0.2, -0.15) is 0 Å². The summed E-state index contributed by atoms with van der Waals surface area (Å²) < 4.78 is 4.94. The third-order valence-corrected chi connectivity index (χ3v) is 3.03. The first-order valence-corrected chi connectivity index (χ1v) is 7.06. The quantitative estimate of drug-likeness (QED) is 0.361. The van der Waals surface area contributed by atoms with Crippen LogP contribution in [0.1, 0.15) is 71.6 Å². The summed E-state index contributed by atoms with van der Waals surface area (Å²) in [5.74, 6) is 0.886. The molecule has 0 aromatic carbocycles. The lowest BCUT2D eigenvalue weighted by atomic mass is 10.0. The van der Waals surface area contributed by atoms with Gasteiger partial charge >= 0.3 is 0 Å². The molecule has 0 aliphatic heterocycles. The standard InChI is InChI=1S/C13H29OP/c1-13(2)11-9-7-5-3-4-6-8-10-12-14-15/h13H,3-12,15H2,1-2H3. The molecule has 92 valence electrons. The van der Waals surface area contributed by atoms with Crippen LogP contribution in [0.25, 0.3) is 0 Å². The van der Waals surface area contributed by atoms with Crippen molar-refractivity contribution in [3.05, 3.63) is 0 Å². The molecule has 0 fully saturated rings. The second-order valence-corrected chi connectivity index (χ2v) is 5.22. The predicted octanol–water partition coefficient (Wildman–Crippen LogP) is 4.96. The van der Waals surface area contributed by atoms with E-state index in [1.807, 2.05) is 0 Å². The van der Waals surface area contributed by atoms with Crippen LogP contribution in [0.15, 0.2) is 0 Å². The maximum atomic E-state index is 4.94. The van der Waals surface area contributed by atoms with E-state index in [1.54, 1.807) is 0 Å². The Bertz CT molecular complexity index is 115. The van der Waals surface area contributed by atoms with Crippen molar-refractivity contribution < 1.29 is 4.52 Å². The monoisotopic (exact) mass is 232 g/mol. The highest BCUT2D eigenvalue weighted by Crippen LogP contribution is 2.12. The van der Waals surface area contributed by atoms with Gasteiger partial charge in [0.1, 0.15) is 0 Å². The van der Waals surface area contributed by atoms with E-state index in [0.29, 0.717) is 0 Å². The molecule has 1 atom stereocenters. The topological polar surface area (TPSA) is 9.23 Å². The van der Waals surface area contributed by atoms with Crippen LogP contribution >= 0.6 is 9.47 Å². The van der Waals surface area contributed by atoms with Crippen LogP contribution in [0.4, 0.5) is 0 Å². The van der Waals surface area contributed by atoms with Gasteiger partial charge in [0.05, 0.1) is 6.61 Å². The lowest BCUT2D eigenvalue weighted by Crippen LogP contribution is -1.88. The first-order valence-electron chi connectivity index (χ1n) is 6.59. The van der Waals surface area contributed by atoms with E-state index in [-0.39, 0.29) is 0 Å². The van der Waals surface area contributed by atoms with Crippen molar-refractivity contribution in [1.82, 2.24) is 0 Å². The second kappa shape index (κ2) is 12.5. The van der Waals surface area contributed by atoms with Crippen LogP contribution in [0.5, 0.6) is 0 Å². The van der Waals surface area contributed by atoms with Gasteiger partial charge in [-0.3, -0.25) is 0 Å². The maximum absolute atomic E-state index is 4.94. The Morgan fingerprint density at radius 2 is 1.27 bits per heavy atom. The summed E-state index contributed by atoms with van der Waals surface area (Å²) in [6.07, 6.45) is 12.5. The first kappa shape index (κ1) is 15.4. The molecule has 0 spiro atoms. The maximum Gasteiger partial charge on any atom is 0.0501 e. The predicted molar refractivity (Wildman–Crippen MR) is 72.1 cm³/mol. The normalized spacial score (nSPS) is 11.2. The van der Waals surface area contributed by atoms with Crippen molar-refractivity contribution in [2.24, 2.45) is 5.92 Å². The Morgan fingerprint density at radius 3 is 1.73 bits per heavy atom. The molecule has 0 radical (unpaired) electrons. The van der Waals surface area contributed by atoms with Gasteiger partial charge in [-0.25, -0.2) is 0 Å². The van der Waals surface area contributed by atoms with Crippen LogP contribution in [0.2, 0.25) is 0 Å². The van der Waals surface area contributed by atoms with Crippen LogP contribution in [-0.4, -0.2) is 6.61 Å². The summed E-state index contributed by atoms with van der Waals surface area (Å²) in [7, 11) is 2.31. The Hall–Kier alpha value is 0.390. The molecule has 0 aromatic rings. The summed E-state index contributed by atoms with van der Waals surface area (Å²) in [6, 6.07) is 0. The molecule has 2 heteroatoms. The number of rotatable bonds is 11. The van der Waals surface area contributed by atoms with E-state index in [2.05, 4.69) is 23.3 Å². The molecule has 0 saturated heterocycles. The molecule has 1 unspecified atom stereocenters. The van der Waals surface area contributed by atoms with Crippen LogP contribution < -0.4 is 0 Å². The van der Waals surface area contributed by atoms with E-state index in [0.717, 1.165) is 12.5 Å². The Labute approximate surface area is 98.6 Å². The van der Waals surface area contributed by atoms with Gasteiger partial charge in [0, 0.05) is 9.47 Å². The highest BCUT2D eigenvalue weighted by molar-refractivity contribution is 7.09. The van der Waals surface area contributed by atoms with Gasteiger partial charge in [-0.05, 0) is 12.3 Å². The molecule has 15 heavy (non-hydrogen) atoms. The van der Waals surface area contributed by atoms with Crippen molar-refractivity contribution in [3.8, 4) is 0 Å². The third-order valence-electron chi connectivity index (χ3n) is 2.79. The molecule has 0 amide bonds. The van der Waals surface area contributed by atoms with E-state index in [4.69, 9.17) is 4.52 Å². The minimum atomic E-state index is 0.886. The van der Waals surface area contributed by atoms with Gasteiger partial charge in [-0.15, -0.1) is 0 Å². The average Bonchev–Trinajstić information content (AvgIpc) is 2.20. The fourth-order valence-electron chi connectivity index (χ4n) is 1.80. The van der Waals surface area contributed by atoms with E-state index in [9.17, 15) is 0 Å². The minimum Gasteiger partial charge on any atom is -0.366 e. The molecular weight excluding hydrogens is 203 g/mol. The zero-order valence-electron chi connectivity index (χ0n) is 10.6. The highest BCUT2D eigenvalue weighted by Gasteiger charge is 1.95. The number of hydrogen-bond donors (Lipinski definition) is 0. The second-order valence-electron chi connectivity index (χ2n) is 4.88. The van der Waals surface area contributed by atoms with Gasteiger partial charge in [0.2, 0.25) is 0 Å². The summed E-state index contributed by atoms with van der Waals surface area (Å²) in [5, 5.41) is 0. The van der Waals surface area contributed by atoms with E-state index < -0.39 is 0 Å². The van der Waals surface area contributed by atoms with Gasteiger partial charge in [0.25, 0.3) is 0 Å². The van der Waals surface area contributed by atoms with Gasteiger partial charge < -0.3 is 4.52 Å². The summed E-state index contributed by atoms with van der Waals surface area (Å²) in [5.41, 5.74) is 0. The largest absolute Gasteiger partial charge is 0.366 e. The molecule has 0 heterocycles. The van der Waals surface area contributed by atoms with Crippen molar-refractivity contribution in [2.45, 2.75) is 71.6 Å². The molecule has 1 nitrogen and oxygen atoms in total. The van der Waals surface area contributed by atoms with Crippen molar-refractivity contribution >= 4 is 9.47 Å². The minimum absolute atomic E-state index is 0.886. The van der Waals surface area contributed by atoms with Crippen LogP contribution in [0, 0.1) is 5.92 Å². The smallest absolute Gasteiger partial charge is 0.0501 e. The number of hydrogen-bond acceptors (Lipinski definition) is 1. The van der Waals surface area contributed by atoms with Crippen molar-refractivity contribution in [3.63, 3.8) is 0 Å². The Balaban J connectivity index is 2.87. The van der Waals surface area contributed by atoms with E-state index in [1.165, 1.54) is 57.8 Å². The van der Waals surface area contributed by atoms with Crippen molar-refractivity contribution in [2.75, 3.05) is 6.61 Å². The molecule has 0 rings (SSSR count). The molecule has 0 saturated carbocycles. The molecular formula is C13H29OP. The molecule has 0 bridgehead atoms. The summed E-state index contributed by atoms with van der Waals surface area (Å²) in [4.78, 5) is 0. The Morgan fingerprint density at radius 1 is 0.800 bits per heavy atom. The third kappa shape index (κ3) is 14.4.